The van der Waals surface area contributed by atoms with E-state index in [1.807, 2.05) is 48.5 Å². The van der Waals surface area contributed by atoms with Crippen LogP contribution >= 0.6 is 0 Å². The van der Waals surface area contributed by atoms with Gasteiger partial charge in [0, 0.05) is 14.2 Å². The van der Waals surface area contributed by atoms with Crippen molar-refractivity contribution in [2.24, 2.45) is 0 Å². The highest BCUT2D eigenvalue weighted by Crippen LogP contribution is 2.40. The first-order chi connectivity index (χ1) is 13.9. The predicted octanol–water partition coefficient (Wildman–Crippen LogP) is 6.09. The maximum atomic E-state index is 13.7. The molecule has 0 radical (unpaired) electrons. The molecule has 0 amide bonds. The third kappa shape index (κ3) is 5.21. The van der Waals surface area contributed by atoms with Gasteiger partial charge in [0.05, 0.1) is 24.1 Å². The molecule has 0 aliphatic heterocycles. The summed E-state index contributed by atoms with van der Waals surface area (Å²) in [5.41, 5.74) is 1.34. The summed E-state index contributed by atoms with van der Waals surface area (Å²) in [6.07, 6.45) is -4.42. The molecule has 0 aromatic heterocycles. The van der Waals surface area contributed by atoms with Crippen LogP contribution in [0.25, 0.3) is 0 Å². The average molecular weight is 419 g/mol. The summed E-state index contributed by atoms with van der Waals surface area (Å²) in [6, 6.07) is 20.9. The molecular formula is C23H22F3O2S+. The van der Waals surface area contributed by atoms with Gasteiger partial charge < -0.3 is 9.47 Å². The summed E-state index contributed by atoms with van der Waals surface area (Å²) in [7, 11) is 2.32. The number of hydrogen-bond donors (Lipinski definition) is 0. The largest absolute Gasteiger partial charge is 0.421 e. The maximum absolute atomic E-state index is 13.7. The second-order valence-electron chi connectivity index (χ2n) is 6.45. The van der Waals surface area contributed by atoms with Crippen molar-refractivity contribution >= 4 is 10.9 Å². The molecule has 0 unspecified atom stereocenters. The lowest BCUT2D eigenvalue weighted by Crippen LogP contribution is -2.14. The summed E-state index contributed by atoms with van der Waals surface area (Å²) >= 11 is 0. The second-order valence-corrected chi connectivity index (χ2v) is 8.45. The second kappa shape index (κ2) is 9.48. The number of alkyl halides is 3. The highest BCUT2D eigenvalue weighted by Gasteiger charge is 2.41. The molecule has 0 spiro atoms. The van der Waals surface area contributed by atoms with Crippen LogP contribution in [0.15, 0.2) is 87.5 Å². The molecule has 152 valence electrons. The average Bonchev–Trinajstić information content (AvgIpc) is 2.71. The summed E-state index contributed by atoms with van der Waals surface area (Å²) in [4.78, 5) is 1.90. The van der Waals surface area contributed by atoms with E-state index in [0.717, 1.165) is 27.0 Å². The molecule has 2 nitrogen and oxygen atoms in total. The standard InChI is InChI=1S/C23H22F3O2S/c1-27-15-17-7-11-19(12-8-17)29(20-13-9-18(10-14-20)16-28-2)22-6-4-3-5-21(22)23(24,25)26/h3-14H,15-16H2,1-2H3/q+1. The molecule has 0 saturated carbocycles. The maximum Gasteiger partial charge on any atom is 0.421 e. The van der Waals surface area contributed by atoms with Crippen LogP contribution in [-0.4, -0.2) is 14.2 Å². The highest BCUT2D eigenvalue weighted by atomic mass is 32.2. The molecule has 0 fully saturated rings. The lowest BCUT2D eigenvalue weighted by atomic mass is 10.2. The van der Waals surface area contributed by atoms with Gasteiger partial charge in [0.1, 0.15) is 5.56 Å². The molecule has 3 aromatic carbocycles. The molecular weight excluding hydrogens is 397 g/mol. The molecule has 29 heavy (non-hydrogen) atoms. The quantitative estimate of drug-likeness (QED) is 0.431. The Morgan fingerprint density at radius 1 is 0.690 bits per heavy atom. The summed E-state index contributed by atoms with van der Waals surface area (Å²) in [6.45, 7) is 0.915. The molecule has 0 N–H and O–H groups in total. The lowest BCUT2D eigenvalue weighted by Gasteiger charge is -2.14. The predicted molar refractivity (Wildman–Crippen MR) is 108 cm³/mol. The van der Waals surface area contributed by atoms with E-state index in [2.05, 4.69) is 0 Å². The molecule has 6 heteroatoms. The van der Waals surface area contributed by atoms with Gasteiger partial charge in [-0.2, -0.15) is 13.2 Å². The molecule has 0 aliphatic rings. The fraction of sp³-hybridized carbons (Fsp3) is 0.217. The summed E-state index contributed by atoms with van der Waals surface area (Å²) in [5.74, 6) is 0. The zero-order valence-corrected chi connectivity index (χ0v) is 17.0. The number of ether oxygens (including phenoxy) is 2. The van der Waals surface area contributed by atoms with Gasteiger partial charge in [-0.05, 0) is 47.5 Å². The first-order valence-corrected chi connectivity index (χ1v) is 10.2. The minimum atomic E-state index is -4.42. The fourth-order valence-corrected chi connectivity index (χ4v) is 5.26. The van der Waals surface area contributed by atoms with E-state index in [1.165, 1.54) is 6.07 Å². The minimum absolute atomic E-state index is 0.263. The first-order valence-electron chi connectivity index (χ1n) is 9.00. The SMILES string of the molecule is COCc1ccc([S+](c2ccc(COC)cc2)c2ccccc2C(F)(F)F)cc1. The van der Waals surface area contributed by atoms with Crippen LogP contribution in [0.3, 0.4) is 0 Å². The summed E-state index contributed by atoms with van der Waals surface area (Å²) in [5, 5.41) is 0. The number of methoxy groups -OCH3 is 2. The van der Waals surface area contributed by atoms with Gasteiger partial charge in [-0.25, -0.2) is 0 Å². The molecule has 0 atom stereocenters. The Morgan fingerprint density at radius 3 is 1.55 bits per heavy atom. The molecule has 0 heterocycles. The Balaban J connectivity index is 2.12. The Kier molecular flexibility index (Phi) is 7.00. The van der Waals surface area contributed by atoms with E-state index in [0.29, 0.717) is 13.2 Å². The van der Waals surface area contributed by atoms with Crippen molar-refractivity contribution in [2.45, 2.75) is 34.1 Å². The van der Waals surface area contributed by atoms with Gasteiger partial charge in [-0.1, -0.05) is 36.4 Å². The van der Waals surface area contributed by atoms with Crippen LogP contribution in [-0.2, 0) is 39.8 Å². The van der Waals surface area contributed by atoms with Crippen molar-refractivity contribution in [1.82, 2.24) is 0 Å². The van der Waals surface area contributed by atoms with Crippen LogP contribution in [0.2, 0.25) is 0 Å². The van der Waals surface area contributed by atoms with Gasteiger partial charge in [-0.15, -0.1) is 0 Å². The Labute approximate surface area is 171 Å². The van der Waals surface area contributed by atoms with Gasteiger partial charge in [0.25, 0.3) is 0 Å². The molecule has 0 aliphatic carbocycles. The van der Waals surface area contributed by atoms with Crippen LogP contribution < -0.4 is 0 Å². The van der Waals surface area contributed by atoms with Crippen molar-refractivity contribution in [3.8, 4) is 0 Å². The topological polar surface area (TPSA) is 18.5 Å². The first kappa shape index (κ1) is 21.4. The monoisotopic (exact) mass is 419 g/mol. The van der Waals surface area contributed by atoms with E-state index < -0.39 is 22.6 Å². The normalized spacial score (nSPS) is 11.8. The molecule has 0 saturated heterocycles. The van der Waals surface area contributed by atoms with Crippen molar-refractivity contribution in [1.29, 1.82) is 0 Å². The third-order valence-electron chi connectivity index (χ3n) is 4.35. The number of halogens is 3. The molecule has 3 rings (SSSR count). The van der Waals surface area contributed by atoms with Crippen molar-refractivity contribution in [2.75, 3.05) is 14.2 Å². The van der Waals surface area contributed by atoms with E-state index in [1.54, 1.807) is 26.4 Å². The van der Waals surface area contributed by atoms with Gasteiger partial charge in [0.15, 0.2) is 14.7 Å². The Hall–Kier alpha value is -2.28. The number of hydrogen-bond acceptors (Lipinski definition) is 2. The fourth-order valence-electron chi connectivity index (χ4n) is 3.05. The zero-order chi connectivity index (χ0) is 20.9. The Morgan fingerprint density at radius 2 is 1.14 bits per heavy atom. The van der Waals surface area contributed by atoms with Crippen molar-refractivity contribution < 1.29 is 22.6 Å². The summed E-state index contributed by atoms with van der Waals surface area (Å²) < 4.78 is 51.5. The molecule has 0 bridgehead atoms. The van der Waals surface area contributed by atoms with E-state index >= 15 is 0 Å². The minimum Gasteiger partial charge on any atom is -0.380 e. The smallest absolute Gasteiger partial charge is 0.380 e. The van der Waals surface area contributed by atoms with E-state index in [-0.39, 0.29) is 4.90 Å². The van der Waals surface area contributed by atoms with Crippen LogP contribution in [0, 0.1) is 0 Å². The van der Waals surface area contributed by atoms with Gasteiger partial charge in [0.2, 0.25) is 0 Å². The number of benzene rings is 3. The van der Waals surface area contributed by atoms with E-state index in [4.69, 9.17) is 9.47 Å². The van der Waals surface area contributed by atoms with Crippen LogP contribution in [0.5, 0.6) is 0 Å². The van der Waals surface area contributed by atoms with Crippen molar-refractivity contribution in [3.05, 3.63) is 89.5 Å². The lowest BCUT2D eigenvalue weighted by molar-refractivity contribution is -0.139. The highest BCUT2D eigenvalue weighted by molar-refractivity contribution is 7.97. The van der Waals surface area contributed by atoms with Crippen molar-refractivity contribution in [3.63, 3.8) is 0 Å². The van der Waals surface area contributed by atoms with Crippen LogP contribution in [0.4, 0.5) is 13.2 Å². The van der Waals surface area contributed by atoms with Gasteiger partial charge in [-0.3, -0.25) is 0 Å². The van der Waals surface area contributed by atoms with Gasteiger partial charge >= 0.3 is 6.18 Å². The number of rotatable bonds is 7. The Bertz CT molecular complexity index is 873. The zero-order valence-electron chi connectivity index (χ0n) is 16.2. The molecule has 3 aromatic rings. The van der Waals surface area contributed by atoms with E-state index in [9.17, 15) is 13.2 Å². The third-order valence-corrected chi connectivity index (χ3v) is 6.64. The van der Waals surface area contributed by atoms with Crippen LogP contribution in [0.1, 0.15) is 16.7 Å².